The molecule has 0 saturated carbocycles. The van der Waals surface area contributed by atoms with Crippen LogP contribution in [-0.4, -0.2) is 4.98 Å². The first-order chi connectivity index (χ1) is 6.24. The SMILES string of the molecule is NCc1c(Cl)[nH]c2c(Br)cccc12. The fraction of sp³-hybridized carbons (Fsp3) is 0.111. The third kappa shape index (κ3) is 1.37. The van der Waals surface area contributed by atoms with E-state index in [-0.39, 0.29) is 0 Å². The summed E-state index contributed by atoms with van der Waals surface area (Å²) < 4.78 is 1.01. The van der Waals surface area contributed by atoms with Gasteiger partial charge in [0.2, 0.25) is 0 Å². The van der Waals surface area contributed by atoms with Crippen LogP contribution in [0.1, 0.15) is 5.56 Å². The van der Waals surface area contributed by atoms with Crippen LogP contribution in [0.5, 0.6) is 0 Å². The average molecular weight is 260 g/mol. The van der Waals surface area contributed by atoms with Gasteiger partial charge in [-0.15, -0.1) is 0 Å². The van der Waals surface area contributed by atoms with Crippen molar-refractivity contribution in [2.24, 2.45) is 5.73 Å². The summed E-state index contributed by atoms with van der Waals surface area (Å²) in [6.07, 6.45) is 0. The number of para-hydroxylation sites is 1. The number of aromatic amines is 1. The van der Waals surface area contributed by atoms with E-state index in [0.717, 1.165) is 20.9 Å². The molecular weight excluding hydrogens is 251 g/mol. The summed E-state index contributed by atoms with van der Waals surface area (Å²) in [5, 5.41) is 1.71. The van der Waals surface area contributed by atoms with Crippen LogP contribution in [0.15, 0.2) is 22.7 Å². The molecule has 1 aromatic carbocycles. The normalized spacial score (nSPS) is 11.0. The summed E-state index contributed by atoms with van der Waals surface area (Å²) in [5.74, 6) is 0. The summed E-state index contributed by atoms with van der Waals surface area (Å²) in [5.41, 5.74) is 7.57. The lowest BCUT2D eigenvalue weighted by Gasteiger charge is -1.94. The Morgan fingerprint density at radius 2 is 2.23 bits per heavy atom. The third-order valence-corrected chi connectivity index (χ3v) is 3.03. The van der Waals surface area contributed by atoms with Crippen LogP contribution in [0.4, 0.5) is 0 Å². The molecular formula is C9H8BrClN2. The zero-order valence-corrected chi connectivity index (χ0v) is 9.11. The summed E-state index contributed by atoms with van der Waals surface area (Å²) >= 11 is 9.43. The number of fused-ring (bicyclic) bond motifs is 1. The van der Waals surface area contributed by atoms with Gasteiger partial charge in [0.25, 0.3) is 0 Å². The van der Waals surface area contributed by atoms with Gasteiger partial charge in [-0.05, 0) is 22.0 Å². The number of H-pyrrole nitrogens is 1. The molecule has 1 heterocycles. The van der Waals surface area contributed by atoms with Crippen molar-refractivity contribution in [1.82, 2.24) is 4.98 Å². The maximum atomic E-state index is 5.98. The summed E-state index contributed by atoms with van der Waals surface area (Å²) in [6.45, 7) is 0.454. The molecule has 0 bridgehead atoms. The van der Waals surface area contributed by atoms with Gasteiger partial charge in [0.1, 0.15) is 5.15 Å². The first-order valence-corrected chi connectivity index (χ1v) is 5.05. The Labute approximate surface area is 89.2 Å². The van der Waals surface area contributed by atoms with E-state index in [1.54, 1.807) is 0 Å². The third-order valence-electron chi connectivity index (χ3n) is 2.04. The zero-order chi connectivity index (χ0) is 9.42. The minimum atomic E-state index is 0.454. The molecule has 0 aliphatic carbocycles. The molecule has 3 N–H and O–H groups in total. The van der Waals surface area contributed by atoms with Crippen molar-refractivity contribution in [2.75, 3.05) is 0 Å². The van der Waals surface area contributed by atoms with Crippen molar-refractivity contribution >= 4 is 38.4 Å². The molecule has 0 atom stereocenters. The van der Waals surface area contributed by atoms with Crippen molar-refractivity contribution in [3.8, 4) is 0 Å². The first-order valence-electron chi connectivity index (χ1n) is 3.88. The van der Waals surface area contributed by atoms with Gasteiger partial charge in [-0.3, -0.25) is 0 Å². The smallest absolute Gasteiger partial charge is 0.111 e. The summed E-state index contributed by atoms with van der Waals surface area (Å²) in [4.78, 5) is 3.08. The van der Waals surface area contributed by atoms with Crippen LogP contribution in [0, 0.1) is 0 Å². The minimum absolute atomic E-state index is 0.454. The molecule has 0 aliphatic heterocycles. The van der Waals surface area contributed by atoms with E-state index < -0.39 is 0 Å². The quantitative estimate of drug-likeness (QED) is 0.812. The Morgan fingerprint density at radius 1 is 1.46 bits per heavy atom. The molecule has 0 aliphatic rings. The predicted octanol–water partition coefficient (Wildman–Crippen LogP) is 3.04. The van der Waals surface area contributed by atoms with Gasteiger partial charge in [0.05, 0.1) is 5.52 Å². The van der Waals surface area contributed by atoms with E-state index in [1.807, 2.05) is 18.2 Å². The molecule has 0 unspecified atom stereocenters. The monoisotopic (exact) mass is 258 g/mol. The number of rotatable bonds is 1. The van der Waals surface area contributed by atoms with Crippen LogP contribution in [0.3, 0.4) is 0 Å². The molecule has 4 heteroatoms. The highest BCUT2D eigenvalue weighted by atomic mass is 79.9. The number of hydrogen-bond donors (Lipinski definition) is 2. The van der Waals surface area contributed by atoms with Crippen LogP contribution in [0.2, 0.25) is 5.15 Å². The maximum Gasteiger partial charge on any atom is 0.111 e. The highest BCUT2D eigenvalue weighted by molar-refractivity contribution is 9.10. The van der Waals surface area contributed by atoms with Crippen LogP contribution < -0.4 is 5.73 Å². The fourth-order valence-corrected chi connectivity index (χ4v) is 2.14. The highest BCUT2D eigenvalue weighted by Gasteiger charge is 2.09. The first kappa shape index (κ1) is 9.06. The molecule has 2 aromatic rings. The summed E-state index contributed by atoms with van der Waals surface area (Å²) in [6, 6.07) is 5.94. The molecule has 0 radical (unpaired) electrons. The Hall–Kier alpha value is -0.510. The number of nitrogens with one attached hydrogen (secondary N) is 1. The van der Waals surface area contributed by atoms with Gasteiger partial charge >= 0.3 is 0 Å². The molecule has 2 nitrogen and oxygen atoms in total. The lowest BCUT2D eigenvalue weighted by molar-refractivity contribution is 1.08. The average Bonchev–Trinajstić information content (AvgIpc) is 2.43. The predicted molar refractivity (Wildman–Crippen MR) is 58.9 cm³/mol. The second-order valence-electron chi connectivity index (χ2n) is 2.78. The molecule has 1 aromatic heterocycles. The zero-order valence-electron chi connectivity index (χ0n) is 6.77. The van der Waals surface area contributed by atoms with E-state index in [0.29, 0.717) is 11.7 Å². The summed E-state index contributed by atoms with van der Waals surface area (Å²) in [7, 11) is 0. The van der Waals surface area contributed by atoms with E-state index in [1.165, 1.54) is 0 Å². The Balaban J connectivity index is 2.86. The molecule has 0 fully saturated rings. The van der Waals surface area contributed by atoms with Gasteiger partial charge in [-0.25, -0.2) is 0 Å². The minimum Gasteiger partial charge on any atom is -0.344 e. The molecule has 2 rings (SSSR count). The van der Waals surface area contributed by atoms with Crippen molar-refractivity contribution in [2.45, 2.75) is 6.54 Å². The van der Waals surface area contributed by atoms with Crippen molar-refractivity contribution in [3.63, 3.8) is 0 Å². The lowest BCUT2D eigenvalue weighted by Crippen LogP contribution is -1.95. The Bertz CT molecular complexity index is 450. The van der Waals surface area contributed by atoms with Crippen molar-refractivity contribution in [1.29, 1.82) is 0 Å². The van der Waals surface area contributed by atoms with E-state index in [2.05, 4.69) is 20.9 Å². The highest BCUT2D eigenvalue weighted by Crippen LogP contribution is 2.30. The lowest BCUT2D eigenvalue weighted by atomic mass is 10.2. The standard InChI is InChI=1S/C9H8BrClN2/c10-7-3-1-2-5-6(4-12)9(11)13-8(5)7/h1-3,13H,4,12H2. The van der Waals surface area contributed by atoms with Gasteiger partial charge in [-0.1, -0.05) is 23.7 Å². The van der Waals surface area contributed by atoms with Crippen LogP contribution in [-0.2, 0) is 6.54 Å². The maximum absolute atomic E-state index is 5.98. The number of hydrogen-bond acceptors (Lipinski definition) is 1. The number of nitrogens with two attached hydrogens (primary N) is 1. The number of aromatic nitrogens is 1. The topological polar surface area (TPSA) is 41.8 Å². The van der Waals surface area contributed by atoms with Gasteiger partial charge in [0.15, 0.2) is 0 Å². The van der Waals surface area contributed by atoms with E-state index >= 15 is 0 Å². The fourth-order valence-electron chi connectivity index (χ4n) is 1.41. The second kappa shape index (κ2) is 3.33. The molecule has 13 heavy (non-hydrogen) atoms. The molecule has 0 saturated heterocycles. The van der Waals surface area contributed by atoms with Gasteiger partial charge in [0, 0.05) is 22.0 Å². The van der Waals surface area contributed by atoms with E-state index in [9.17, 15) is 0 Å². The molecule has 0 amide bonds. The second-order valence-corrected chi connectivity index (χ2v) is 4.02. The molecule has 0 spiro atoms. The van der Waals surface area contributed by atoms with Gasteiger partial charge in [-0.2, -0.15) is 0 Å². The van der Waals surface area contributed by atoms with Crippen molar-refractivity contribution in [3.05, 3.63) is 33.4 Å². The van der Waals surface area contributed by atoms with Crippen LogP contribution >= 0.6 is 27.5 Å². The number of halogens is 2. The van der Waals surface area contributed by atoms with Gasteiger partial charge < -0.3 is 10.7 Å². The largest absolute Gasteiger partial charge is 0.344 e. The Kier molecular flexibility index (Phi) is 2.32. The molecule has 68 valence electrons. The Morgan fingerprint density at radius 3 is 2.92 bits per heavy atom. The van der Waals surface area contributed by atoms with E-state index in [4.69, 9.17) is 17.3 Å². The van der Waals surface area contributed by atoms with Crippen LogP contribution in [0.25, 0.3) is 10.9 Å². The van der Waals surface area contributed by atoms with Crippen molar-refractivity contribution < 1.29 is 0 Å². The number of benzene rings is 1.